The average molecular weight is 649 g/mol. The fourth-order valence-electron chi connectivity index (χ4n) is 5.19. The Kier molecular flexibility index (Phi) is 10.7. The zero-order valence-electron chi connectivity index (χ0n) is 25.9. The Hall–Kier alpha value is -4.80. The fourth-order valence-corrected chi connectivity index (χ4v) is 6.24. The number of rotatable bonds is 11. The third-order valence-electron chi connectivity index (χ3n) is 7.64. The Bertz CT molecular complexity index is 1730. The molecule has 240 valence electrons. The van der Waals surface area contributed by atoms with Gasteiger partial charge in [0.15, 0.2) is 6.29 Å². The number of hydrogen-bond donors (Lipinski definition) is 3. The molecule has 47 heavy (non-hydrogen) atoms. The van der Waals surface area contributed by atoms with Crippen molar-refractivity contribution in [3.05, 3.63) is 144 Å². The Labute approximate surface area is 278 Å². The number of aliphatic hydroxyl groups excluding tert-OH is 1. The molecule has 0 bridgehead atoms. The zero-order chi connectivity index (χ0) is 32.4. The third-order valence-corrected chi connectivity index (χ3v) is 8.83. The number of benzene rings is 5. The first-order valence-electron chi connectivity index (χ1n) is 15.3. The number of thioether (sulfide) groups is 1. The van der Waals surface area contributed by atoms with Gasteiger partial charge in [0.25, 0.3) is 0 Å². The van der Waals surface area contributed by atoms with E-state index in [0.717, 1.165) is 33.1 Å². The topological polar surface area (TPSA) is 98.3 Å². The van der Waals surface area contributed by atoms with Crippen LogP contribution in [0, 0.1) is 0 Å². The lowest BCUT2D eigenvalue weighted by Crippen LogP contribution is -2.31. The number of urea groups is 1. The maximum Gasteiger partial charge on any atom is 0.323 e. The van der Waals surface area contributed by atoms with E-state index in [1.165, 1.54) is 0 Å². The van der Waals surface area contributed by atoms with Gasteiger partial charge in [-0.25, -0.2) is 4.79 Å². The molecule has 1 heterocycles. The van der Waals surface area contributed by atoms with Gasteiger partial charge in [-0.2, -0.15) is 0 Å². The second-order valence-electron chi connectivity index (χ2n) is 11.0. The number of amides is 2. The van der Waals surface area contributed by atoms with E-state index in [1.54, 1.807) is 43.1 Å². The van der Waals surface area contributed by atoms with Crippen LogP contribution in [0.15, 0.2) is 132 Å². The molecular weight excluding hydrogens is 612 g/mol. The molecular formula is C38H36N2O6S. The van der Waals surface area contributed by atoms with Crippen molar-refractivity contribution in [2.45, 2.75) is 36.4 Å². The smallest absolute Gasteiger partial charge is 0.323 e. The molecule has 0 unspecified atom stereocenters. The number of aliphatic hydroxyl groups is 1. The number of anilines is 2. The molecule has 3 N–H and O–H groups in total. The van der Waals surface area contributed by atoms with Crippen LogP contribution in [0.5, 0.6) is 17.2 Å². The van der Waals surface area contributed by atoms with Gasteiger partial charge in [0.1, 0.15) is 17.2 Å². The largest absolute Gasteiger partial charge is 0.496 e. The van der Waals surface area contributed by atoms with Crippen molar-refractivity contribution in [1.29, 1.82) is 0 Å². The van der Waals surface area contributed by atoms with Crippen LogP contribution in [-0.4, -0.2) is 30.1 Å². The van der Waals surface area contributed by atoms with E-state index in [9.17, 15) is 9.90 Å². The summed E-state index contributed by atoms with van der Waals surface area (Å²) in [5.41, 5.74) is 3.98. The minimum Gasteiger partial charge on any atom is -0.496 e. The summed E-state index contributed by atoms with van der Waals surface area (Å²) < 4.78 is 24.3. The molecule has 0 saturated carbocycles. The third kappa shape index (κ3) is 8.72. The summed E-state index contributed by atoms with van der Waals surface area (Å²) in [5.74, 6) is 2.96. The van der Waals surface area contributed by atoms with Gasteiger partial charge >= 0.3 is 6.03 Å². The van der Waals surface area contributed by atoms with E-state index in [-0.39, 0.29) is 24.8 Å². The molecule has 3 atom stereocenters. The Balaban J connectivity index is 1.09. The first-order chi connectivity index (χ1) is 23.1. The van der Waals surface area contributed by atoms with Crippen molar-refractivity contribution in [1.82, 2.24) is 0 Å². The van der Waals surface area contributed by atoms with Crippen LogP contribution in [0.3, 0.4) is 0 Å². The lowest BCUT2D eigenvalue weighted by atomic mass is 10.0. The molecule has 1 fully saturated rings. The lowest BCUT2D eigenvalue weighted by Gasteiger charge is -2.36. The Morgan fingerprint density at radius 3 is 2.06 bits per heavy atom. The highest BCUT2D eigenvalue weighted by atomic mass is 32.2. The molecule has 6 rings (SSSR count). The number of carbonyl (C=O) groups excluding carboxylic acids is 1. The average Bonchev–Trinajstić information content (AvgIpc) is 3.12. The molecule has 0 aromatic heterocycles. The van der Waals surface area contributed by atoms with Crippen molar-refractivity contribution < 1.29 is 28.8 Å². The quantitative estimate of drug-likeness (QED) is 0.123. The van der Waals surface area contributed by atoms with Gasteiger partial charge in [-0.1, -0.05) is 66.7 Å². The van der Waals surface area contributed by atoms with E-state index in [0.29, 0.717) is 29.3 Å². The molecule has 5 aromatic carbocycles. The zero-order valence-corrected chi connectivity index (χ0v) is 26.7. The summed E-state index contributed by atoms with van der Waals surface area (Å²) in [6, 6.07) is 39.6. The minimum absolute atomic E-state index is 0.00981. The van der Waals surface area contributed by atoms with Gasteiger partial charge in [-0.05, 0) is 71.8 Å². The van der Waals surface area contributed by atoms with Crippen LogP contribution in [-0.2, 0) is 16.1 Å². The standard InChI is InChI=1S/C38H36N2O6S/c1-43-34-9-5-6-10-36(34)47-25-33-23-35(27-13-11-26(24-41)12-14-27)46-37(45-33)28-15-17-29(18-16-28)39-38(42)40-30-19-21-32(22-20-30)44-31-7-3-2-4-8-31/h2-22,33,35,37,41H,23-25H2,1H3,(H2,39,40,42)/t33-,35+,37+/m1/s1. The van der Waals surface area contributed by atoms with Crippen molar-refractivity contribution >= 4 is 29.2 Å². The highest BCUT2D eigenvalue weighted by molar-refractivity contribution is 7.99. The highest BCUT2D eigenvalue weighted by Crippen LogP contribution is 2.40. The molecule has 1 aliphatic rings. The molecule has 1 aliphatic heterocycles. The lowest BCUT2D eigenvalue weighted by molar-refractivity contribution is -0.245. The fraction of sp³-hybridized carbons (Fsp3) is 0.184. The van der Waals surface area contributed by atoms with Crippen molar-refractivity contribution in [3.63, 3.8) is 0 Å². The Morgan fingerprint density at radius 2 is 1.38 bits per heavy atom. The summed E-state index contributed by atoms with van der Waals surface area (Å²) in [6.07, 6.45) is -0.220. The number of methoxy groups -OCH3 is 1. The predicted molar refractivity (Wildman–Crippen MR) is 184 cm³/mol. The van der Waals surface area contributed by atoms with Gasteiger partial charge in [-0.3, -0.25) is 0 Å². The summed E-state index contributed by atoms with van der Waals surface area (Å²) in [7, 11) is 1.67. The van der Waals surface area contributed by atoms with Gasteiger partial charge in [0.05, 0.1) is 25.9 Å². The van der Waals surface area contributed by atoms with Gasteiger partial charge in [0, 0.05) is 34.0 Å². The first kappa shape index (κ1) is 32.2. The van der Waals surface area contributed by atoms with Gasteiger partial charge in [0.2, 0.25) is 0 Å². The summed E-state index contributed by atoms with van der Waals surface area (Å²) in [4.78, 5) is 13.8. The molecule has 5 aromatic rings. The van der Waals surface area contributed by atoms with Crippen LogP contribution in [0.4, 0.5) is 16.2 Å². The highest BCUT2D eigenvalue weighted by Gasteiger charge is 2.32. The minimum atomic E-state index is -0.603. The van der Waals surface area contributed by atoms with E-state index >= 15 is 0 Å². The Morgan fingerprint density at radius 1 is 0.766 bits per heavy atom. The normalized spacial score (nSPS) is 17.4. The van der Waals surface area contributed by atoms with Gasteiger partial charge in [-0.15, -0.1) is 11.8 Å². The van der Waals surface area contributed by atoms with Crippen molar-refractivity contribution in [2.75, 3.05) is 23.5 Å². The van der Waals surface area contributed by atoms with Crippen LogP contribution in [0.25, 0.3) is 0 Å². The molecule has 9 heteroatoms. The summed E-state index contributed by atoms with van der Waals surface area (Å²) >= 11 is 1.69. The maximum atomic E-state index is 12.7. The number of hydrogen-bond acceptors (Lipinski definition) is 7. The molecule has 0 spiro atoms. The van der Waals surface area contributed by atoms with Crippen LogP contribution in [0.2, 0.25) is 0 Å². The van der Waals surface area contributed by atoms with Crippen LogP contribution in [0.1, 0.15) is 35.5 Å². The maximum absolute atomic E-state index is 12.7. The summed E-state index contributed by atoms with van der Waals surface area (Å²) in [5, 5.41) is 15.2. The molecule has 1 saturated heterocycles. The predicted octanol–water partition coefficient (Wildman–Crippen LogP) is 8.96. The second-order valence-corrected chi connectivity index (χ2v) is 12.0. The number of ether oxygens (including phenoxy) is 4. The van der Waals surface area contributed by atoms with Crippen LogP contribution >= 0.6 is 11.8 Å². The molecule has 2 amide bonds. The van der Waals surface area contributed by atoms with Crippen LogP contribution < -0.4 is 20.1 Å². The number of para-hydroxylation sites is 2. The molecule has 0 radical (unpaired) electrons. The van der Waals surface area contributed by atoms with Crippen molar-refractivity contribution in [2.24, 2.45) is 0 Å². The van der Waals surface area contributed by atoms with E-state index in [4.69, 9.17) is 18.9 Å². The van der Waals surface area contributed by atoms with E-state index < -0.39 is 6.29 Å². The molecule has 8 nitrogen and oxygen atoms in total. The number of carbonyl (C=O) groups is 1. The van der Waals surface area contributed by atoms with Crippen molar-refractivity contribution in [3.8, 4) is 17.2 Å². The SMILES string of the molecule is COc1ccccc1SC[C@H]1C[C@@H](c2ccc(CO)cc2)O[C@@H](c2ccc(NC(=O)Nc3ccc(Oc4ccccc4)cc3)cc2)O1. The van der Waals surface area contributed by atoms with Gasteiger partial charge < -0.3 is 34.7 Å². The monoisotopic (exact) mass is 648 g/mol. The number of nitrogens with one attached hydrogen (secondary N) is 2. The second kappa shape index (κ2) is 15.7. The summed E-state index contributed by atoms with van der Waals surface area (Å²) in [6.45, 7) is -0.00981. The van der Waals surface area contributed by atoms with E-state index in [1.807, 2.05) is 103 Å². The first-order valence-corrected chi connectivity index (χ1v) is 16.3. The molecule has 0 aliphatic carbocycles. The van der Waals surface area contributed by atoms with E-state index in [2.05, 4.69) is 10.6 Å².